The lowest BCUT2D eigenvalue weighted by Crippen LogP contribution is -1.97. The summed E-state index contributed by atoms with van der Waals surface area (Å²) >= 11 is 0. The highest BCUT2D eigenvalue weighted by Crippen LogP contribution is 2.45. The molecule has 0 fully saturated rings. The standard InChI is InChI=1S/C47H30O/c1-2-16-32-30(13-1)14-11-15-31(32)29-44-35-19-5-7-22-39(35)46(40-23-8-6-20-36(40)44)41-28-27-37(33-17-3-4-18-34(33)41)42-24-12-25-43-38-21-9-10-26-45(38)48-47(42)43/h1-28H,29H2/i5D,6D,7D,8D,19D,20D,22D,23D. The summed E-state index contributed by atoms with van der Waals surface area (Å²) in [6, 6.07) is 36.7. The van der Waals surface area contributed by atoms with Crippen molar-refractivity contribution in [2.45, 2.75) is 6.42 Å². The largest absolute Gasteiger partial charge is 0.455 e. The first-order chi connectivity index (χ1) is 27.2. The zero-order valence-corrected chi connectivity index (χ0v) is 25.7. The van der Waals surface area contributed by atoms with Crippen LogP contribution in [-0.4, -0.2) is 0 Å². The molecule has 224 valence electrons. The molecule has 10 rings (SSSR count). The molecule has 0 unspecified atom stereocenters. The Morgan fingerprint density at radius 2 is 0.979 bits per heavy atom. The van der Waals surface area contributed by atoms with E-state index in [0.717, 1.165) is 60.2 Å². The zero-order chi connectivity index (χ0) is 38.6. The van der Waals surface area contributed by atoms with E-state index in [1.165, 1.54) is 0 Å². The fourth-order valence-corrected chi connectivity index (χ4v) is 7.50. The van der Waals surface area contributed by atoms with Crippen molar-refractivity contribution in [3.05, 3.63) is 181 Å². The van der Waals surface area contributed by atoms with Crippen molar-refractivity contribution in [2.75, 3.05) is 0 Å². The summed E-state index contributed by atoms with van der Waals surface area (Å²) in [7, 11) is 0. The van der Waals surface area contributed by atoms with Crippen molar-refractivity contribution in [2.24, 2.45) is 0 Å². The maximum Gasteiger partial charge on any atom is 0.143 e. The number of para-hydroxylation sites is 2. The summed E-state index contributed by atoms with van der Waals surface area (Å²) in [6.07, 6.45) is 0.167. The van der Waals surface area contributed by atoms with Crippen molar-refractivity contribution >= 4 is 65.0 Å². The Bertz CT molecular complexity index is 3240. The molecule has 1 heterocycles. The Morgan fingerprint density at radius 1 is 0.417 bits per heavy atom. The average molecular weight is 619 g/mol. The summed E-state index contributed by atoms with van der Waals surface area (Å²) < 4.78 is 79.6. The second-order valence-electron chi connectivity index (χ2n) is 12.2. The van der Waals surface area contributed by atoms with Gasteiger partial charge in [-0.2, -0.15) is 0 Å². The molecule has 9 aromatic carbocycles. The Hall–Kier alpha value is -6.18. The molecule has 0 atom stereocenters. The lowest BCUT2D eigenvalue weighted by atomic mass is 9.83. The van der Waals surface area contributed by atoms with Crippen LogP contribution in [0.3, 0.4) is 0 Å². The first-order valence-corrected chi connectivity index (χ1v) is 16.0. The first-order valence-electron chi connectivity index (χ1n) is 20.0. The third kappa shape index (κ3) is 4.04. The molecule has 1 heteroatoms. The van der Waals surface area contributed by atoms with Crippen LogP contribution >= 0.6 is 0 Å². The van der Waals surface area contributed by atoms with Gasteiger partial charge in [0.25, 0.3) is 0 Å². The fourth-order valence-electron chi connectivity index (χ4n) is 7.50. The molecule has 10 aromatic rings. The van der Waals surface area contributed by atoms with E-state index in [2.05, 4.69) is 0 Å². The number of furan rings is 1. The molecule has 0 saturated carbocycles. The third-order valence-electron chi connectivity index (χ3n) is 9.61. The first kappa shape index (κ1) is 20.1. The molecule has 0 amide bonds. The second kappa shape index (κ2) is 10.7. The lowest BCUT2D eigenvalue weighted by Gasteiger charge is -2.20. The van der Waals surface area contributed by atoms with Gasteiger partial charge in [0.15, 0.2) is 0 Å². The molecular formula is C47H30O. The number of rotatable bonds is 4. The van der Waals surface area contributed by atoms with Crippen molar-refractivity contribution in [1.29, 1.82) is 0 Å². The van der Waals surface area contributed by atoms with E-state index >= 15 is 0 Å². The number of fused-ring (bicyclic) bond motifs is 7. The van der Waals surface area contributed by atoms with Gasteiger partial charge in [0.2, 0.25) is 0 Å². The SMILES string of the molecule is [2H]c1c([2H])c([2H])c2c(-c3ccc(-c4cccc5c4oc4ccccc45)c4ccccc34)c3c([2H])c([2H])c([2H])c([2H])c3c(Cc3cccc4ccccc34)c2c1[2H]. The molecule has 0 aliphatic rings. The van der Waals surface area contributed by atoms with Gasteiger partial charge in [-0.1, -0.05) is 164 Å². The molecule has 48 heavy (non-hydrogen) atoms. The van der Waals surface area contributed by atoms with Gasteiger partial charge in [-0.3, -0.25) is 0 Å². The predicted molar refractivity (Wildman–Crippen MR) is 204 cm³/mol. The van der Waals surface area contributed by atoms with Gasteiger partial charge >= 0.3 is 0 Å². The Balaban J connectivity index is 1.37. The molecule has 1 aromatic heterocycles. The fraction of sp³-hybridized carbons (Fsp3) is 0.0213. The highest BCUT2D eigenvalue weighted by atomic mass is 16.3. The van der Waals surface area contributed by atoms with Crippen LogP contribution in [0.4, 0.5) is 0 Å². The van der Waals surface area contributed by atoms with Crippen LogP contribution in [0.25, 0.3) is 87.3 Å². The number of benzene rings is 9. The second-order valence-corrected chi connectivity index (χ2v) is 12.2. The van der Waals surface area contributed by atoms with Crippen molar-refractivity contribution in [3.8, 4) is 22.3 Å². The van der Waals surface area contributed by atoms with Crippen molar-refractivity contribution in [1.82, 2.24) is 0 Å². The van der Waals surface area contributed by atoms with E-state index in [0.29, 0.717) is 16.7 Å². The van der Waals surface area contributed by atoms with Crippen LogP contribution in [0.2, 0.25) is 0 Å². The van der Waals surface area contributed by atoms with E-state index in [4.69, 9.17) is 9.90 Å². The summed E-state index contributed by atoms with van der Waals surface area (Å²) in [5.41, 5.74) is 5.50. The Kier molecular flexibility index (Phi) is 4.48. The Labute approximate surface area is 289 Å². The molecule has 0 spiro atoms. The molecule has 1 nitrogen and oxygen atoms in total. The molecule has 0 aliphatic carbocycles. The monoisotopic (exact) mass is 618 g/mol. The van der Waals surface area contributed by atoms with Crippen LogP contribution in [0.5, 0.6) is 0 Å². The van der Waals surface area contributed by atoms with Gasteiger partial charge in [-0.25, -0.2) is 0 Å². The average Bonchev–Trinajstić information content (AvgIpc) is 3.62. The van der Waals surface area contributed by atoms with Crippen LogP contribution in [0, 0.1) is 0 Å². The smallest absolute Gasteiger partial charge is 0.143 e. The minimum absolute atomic E-state index is 0.167. The Morgan fingerprint density at radius 3 is 1.75 bits per heavy atom. The van der Waals surface area contributed by atoms with E-state index in [1.54, 1.807) is 0 Å². The normalized spacial score (nSPS) is 14.2. The lowest BCUT2D eigenvalue weighted by molar-refractivity contribution is 0.670. The highest BCUT2D eigenvalue weighted by Gasteiger charge is 2.20. The van der Waals surface area contributed by atoms with Crippen LogP contribution in [0.15, 0.2) is 174 Å². The summed E-state index contributed by atoms with van der Waals surface area (Å²) in [5.74, 6) is 0. The third-order valence-corrected chi connectivity index (χ3v) is 9.61. The highest BCUT2D eigenvalue weighted by molar-refractivity contribution is 6.21. The van der Waals surface area contributed by atoms with Crippen LogP contribution < -0.4 is 0 Å². The zero-order valence-electron chi connectivity index (χ0n) is 33.7. The van der Waals surface area contributed by atoms with Gasteiger partial charge < -0.3 is 4.42 Å². The van der Waals surface area contributed by atoms with Crippen molar-refractivity contribution in [3.63, 3.8) is 0 Å². The van der Waals surface area contributed by atoms with Gasteiger partial charge in [-0.05, 0) is 83.4 Å². The summed E-state index contributed by atoms with van der Waals surface area (Å²) in [5, 5.41) is 6.41. The summed E-state index contributed by atoms with van der Waals surface area (Å²) in [6.45, 7) is 0. The summed E-state index contributed by atoms with van der Waals surface area (Å²) in [4.78, 5) is 0. The maximum absolute atomic E-state index is 9.45. The van der Waals surface area contributed by atoms with E-state index in [-0.39, 0.29) is 52.1 Å². The van der Waals surface area contributed by atoms with Crippen LogP contribution in [0.1, 0.15) is 22.1 Å². The van der Waals surface area contributed by atoms with E-state index in [1.807, 2.05) is 121 Å². The van der Waals surface area contributed by atoms with Gasteiger partial charge in [0.05, 0.1) is 11.0 Å². The molecule has 0 aliphatic heterocycles. The van der Waals surface area contributed by atoms with Crippen LogP contribution in [-0.2, 0) is 6.42 Å². The van der Waals surface area contributed by atoms with Gasteiger partial charge in [0, 0.05) is 16.3 Å². The molecule has 0 N–H and O–H groups in total. The topological polar surface area (TPSA) is 13.1 Å². The molecular weight excluding hydrogens is 581 g/mol. The maximum atomic E-state index is 9.45. The van der Waals surface area contributed by atoms with Gasteiger partial charge in [-0.15, -0.1) is 0 Å². The van der Waals surface area contributed by atoms with Gasteiger partial charge in [0.1, 0.15) is 11.2 Å². The number of hydrogen-bond acceptors (Lipinski definition) is 1. The number of hydrogen-bond donors (Lipinski definition) is 0. The molecule has 0 bridgehead atoms. The van der Waals surface area contributed by atoms with E-state index in [9.17, 15) is 5.48 Å². The van der Waals surface area contributed by atoms with E-state index < -0.39 is 24.2 Å². The molecule has 0 radical (unpaired) electrons. The minimum Gasteiger partial charge on any atom is -0.455 e. The van der Waals surface area contributed by atoms with Crippen molar-refractivity contribution < 1.29 is 15.4 Å². The quantitative estimate of drug-likeness (QED) is 0.179. The molecule has 0 saturated heterocycles. The minimum atomic E-state index is -0.419. The predicted octanol–water partition coefficient (Wildman–Crippen LogP) is 13.1.